The third kappa shape index (κ3) is 6.28. The Bertz CT molecular complexity index is 85.4. The first-order valence-electron chi connectivity index (χ1n) is 4.04. The van der Waals surface area contributed by atoms with Gasteiger partial charge in [-0.1, -0.05) is 0 Å². The number of aliphatic hydroxyl groups excluding tert-OH is 1. The average Bonchev–Trinajstić information content (AvgIpc) is 2.01. The highest BCUT2D eigenvalue weighted by Crippen LogP contribution is 1.95. The predicted molar refractivity (Wildman–Crippen MR) is 43.6 cm³/mol. The van der Waals surface area contributed by atoms with Crippen LogP contribution in [0, 0.1) is 0 Å². The molecule has 0 aliphatic carbocycles. The molecule has 0 aliphatic heterocycles. The summed E-state index contributed by atoms with van der Waals surface area (Å²) in [5.41, 5.74) is 0. The molecule has 11 heavy (non-hydrogen) atoms. The van der Waals surface area contributed by atoms with Gasteiger partial charge in [-0.2, -0.15) is 0 Å². The van der Waals surface area contributed by atoms with Crippen molar-refractivity contribution in [3.05, 3.63) is 0 Å². The van der Waals surface area contributed by atoms with Crippen molar-refractivity contribution in [2.24, 2.45) is 0 Å². The van der Waals surface area contributed by atoms with Crippen LogP contribution >= 0.6 is 0 Å². The summed E-state index contributed by atoms with van der Waals surface area (Å²) in [6, 6.07) is 0. The molecule has 1 N–H and O–H groups in total. The Morgan fingerprint density at radius 1 is 1.18 bits per heavy atom. The van der Waals surface area contributed by atoms with E-state index in [1.807, 2.05) is 20.8 Å². The second kappa shape index (κ2) is 6.58. The lowest BCUT2D eigenvalue weighted by Gasteiger charge is -2.14. The minimum atomic E-state index is -0.0853. The van der Waals surface area contributed by atoms with Gasteiger partial charge in [-0.05, 0) is 20.8 Å². The predicted octanol–water partition coefficient (Wildman–Crippen LogP) is 0.809. The fraction of sp³-hybridized carbons (Fsp3) is 1.00. The fourth-order valence-electron chi connectivity index (χ4n) is 0.685. The minimum Gasteiger partial charge on any atom is -0.394 e. The molecule has 0 aromatic carbocycles. The molecule has 0 fully saturated rings. The highest BCUT2D eigenvalue weighted by Gasteiger charge is 2.04. The molecule has 0 rings (SSSR count). The lowest BCUT2D eigenvalue weighted by atomic mass is 10.4. The van der Waals surface area contributed by atoms with Crippen LogP contribution in [0.5, 0.6) is 0 Å². The van der Waals surface area contributed by atoms with Gasteiger partial charge in [0.1, 0.15) is 0 Å². The van der Waals surface area contributed by atoms with Crippen molar-refractivity contribution in [3.8, 4) is 0 Å². The van der Waals surface area contributed by atoms with Crippen molar-refractivity contribution >= 4 is 0 Å². The molecule has 0 aromatic rings. The molecule has 0 saturated carbocycles. The molecular formula is C8H18O3. The maximum absolute atomic E-state index is 8.61. The van der Waals surface area contributed by atoms with Gasteiger partial charge in [0.2, 0.25) is 0 Å². The van der Waals surface area contributed by atoms with Crippen molar-refractivity contribution in [2.45, 2.75) is 33.0 Å². The van der Waals surface area contributed by atoms with E-state index in [2.05, 4.69) is 0 Å². The summed E-state index contributed by atoms with van der Waals surface area (Å²) >= 11 is 0. The normalized spacial score (nSPS) is 16.4. The molecule has 0 saturated heterocycles. The van der Waals surface area contributed by atoms with Crippen LogP contribution in [0.1, 0.15) is 20.8 Å². The van der Waals surface area contributed by atoms with Crippen molar-refractivity contribution in [3.63, 3.8) is 0 Å². The van der Waals surface area contributed by atoms with Crippen LogP contribution in [-0.4, -0.2) is 37.1 Å². The zero-order valence-corrected chi connectivity index (χ0v) is 7.54. The molecule has 0 unspecified atom stereocenters. The summed E-state index contributed by atoms with van der Waals surface area (Å²) in [5, 5.41) is 8.61. The van der Waals surface area contributed by atoms with E-state index in [9.17, 15) is 0 Å². The number of hydrogen-bond acceptors (Lipinski definition) is 3. The molecule has 3 nitrogen and oxygen atoms in total. The third-order valence-electron chi connectivity index (χ3n) is 1.32. The molecular weight excluding hydrogens is 144 g/mol. The number of hydrogen-bond donors (Lipinski definition) is 1. The quantitative estimate of drug-likeness (QED) is 0.628. The first kappa shape index (κ1) is 10.9. The maximum atomic E-state index is 8.61. The molecule has 0 bridgehead atoms. The van der Waals surface area contributed by atoms with Crippen LogP contribution in [0.3, 0.4) is 0 Å². The van der Waals surface area contributed by atoms with Gasteiger partial charge >= 0.3 is 0 Å². The Hall–Kier alpha value is -0.120. The summed E-state index contributed by atoms with van der Waals surface area (Å²) < 4.78 is 10.5. The molecule has 2 atom stereocenters. The summed E-state index contributed by atoms with van der Waals surface area (Å²) in [6.45, 7) is 7.06. The van der Waals surface area contributed by atoms with Crippen LogP contribution < -0.4 is 0 Å². The zero-order valence-electron chi connectivity index (χ0n) is 7.54. The van der Waals surface area contributed by atoms with Crippen molar-refractivity contribution < 1.29 is 14.6 Å². The standard InChI is InChI=1S/C8H18O3/c1-4-10-8(3)6-11-7(2)5-9/h7-9H,4-6H2,1-3H3/t7-,8+/m0/s1. The second-order valence-corrected chi connectivity index (χ2v) is 2.59. The third-order valence-corrected chi connectivity index (χ3v) is 1.32. The van der Waals surface area contributed by atoms with E-state index in [1.54, 1.807) is 0 Å². The van der Waals surface area contributed by atoms with Gasteiger partial charge in [-0.3, -0.25) is 0 Å². The van der Waals surface area contributed by atoms with E-state index in [4.69, 9.17) is 14.6 Å². The van der Waals surface area contributed by atoms with Gasteiger partial charge < -0.3 is 14.6 Å². The van der Waals surface area contributed by atoms with E-state index < -0.39 is 0 Å². The largest absolute Gasteiger partial charge is 0.394 e. The first-order chi connectivity index (χ1) is 5.20. The Balaban J connectivity index is 3.22. The monoisotopic (exact) mass is 162 g/mol. The molecule has 0 heterocycles. The molecule has 0 spiro atoms. The van der Waals surface area contributed by atoms with E-state index in [-0.39, 0.29) is 18.8 Å². The van der Waals surface area contributed by atoms with Gasteiger partial charge in [0.25, 0.3) is 0 Å². The Morgan fingerprint density at radius 2 is 1.82 bits per heavy atom. The molecule has 0 aromatic heterocycles. The van der Waals surface area contributed by atoms with Crippen molar-refractivity contribution in [1.29, 1.82) is 0 Å². The fourth-order valence-corrected chi connectivity index (χ4v) is 0.685. The molecule has 0 radical (unpaired) electrons. The van der Waals surface area contributed by atoms with Gasteiger partial charge in [-0.25, -0.2) is 0 Å². The van der Waals surface area contributed by atoms with Crippen molar-refractivity contribution in [2.75, 3.05) is 19.8 Å². The van der Waals surface area contributed by atoms with Crippen LogP contribution in [0.15, 0.2) is 0 Å². The second-order valence-electron chi connectivity index (χ2n) is 2.59. The summed E-state index contributed by atoms with van der Waals surface area (Å²) in [5.74, 6) is 0. The molecule has 0 aliphatic rings. The molecule has 3 heteroatoms. The summed E-state index contributed by atoms with van der Waals surface area (Å²) in [7, 11) is 0. The molecule has 68 valence electrons. The van der Waals surface area contributed by atoms with Gasteiger partial charge in [0.05, 0.1) is 25.4 Å². The smallest absolute Gasteiger partial charge is 0.0780 e. The summed E-state index contributed by atoms with van der Waals surface area (Å²) in [4.78, 5) is 0. The molecule has 0 amide bonds. The van der Waals surface area contributed by atoms with E-state index >= 15 is 0 Å². The number of rotatable bonds is 6. The topological polar surface area (TPSA) is 38.7 Å². The average molecular weight is 162 g/mol. The Morgan fingerprint density at radius 3 is 2.27 bits per heavy atom. The van der Waals surface area contributed by atoms with E-state index in [0.29, 0.717) is 13.2 Å². The van der Waals surface area contributed by atoms with Crippen molar-refractivity contribution in [1.82, 2.24) is 0 Å². The van der Waals surface area contributed by atoms with Crippen LogP contribution in [0.25, 0.3) is 0 Å². The Kier molecular flexibility index (Phi) is 6.51. The SMILES string of the molecule is CCO[C@H](C)CO[C@@H](C)CO. The highest BCUT2D eigenvalue weighted by molar-refractivity contribution is 4.50. The number of aliphatic hydroxyl groups is 1. The van der Waals surface area contributed by atoms with Gasteiger partial charge in [0, 0.05) is 6.61 Å². The van der Waals surface area contributed by atoms with Gasteiger partial charge in [-0.15, -0.1) is 0 Å². The van der Waals surface area contributed by atoms with E-state index in [0.717, 1.165) is 0 Å². The Labute approximate surface area is 68.3 Å². The maximum Gasteiger partial charge on any atom is 0.0780 e. The van der Waals surface area contributed by atoms with Gasteiger partial charge in [0.15, 0.2) is 0 Å². The zero-order chi connectivity index (χ0) is 8.69. The highest BCUT2D eigenvalue weighted by atomic mass is 16.5. The first-order valence-corrected chi connectivity index (χ1v) is 4.04. The lowest BCUT2D eigenvalue weighted by Crippen LogP contribution is -2.22. The minimum absolute atomic E-state index is 0.0683. The number of ether oxygens (including phenoxy) is 2. The summed E-state index contributed by atoms with van der Waals surface area (Å²) in [6.07, 6.45) is 0.0342. The van der Waals surface area contributed by atoms with Crippen LogP contribution in [0.4, 0.5) is 0 Å². The van der Waals surface area contributed by atoms with Crippen LogP contribution in [0.2, 0.25) is 0 Å². The van der Waals surface area contributed by atoms with E-state index in [1.165, 1.54) is 0 Å². The van der Waals surface area contributed by atoms with Crippen LogP contribution in [-0.2, 0) is 9.47 Å². The lowest BCUT2D eigenvalue weighted by molar-refractivity contribution is -0.0424.